The van der Waals surface area contributed by atoms with Crippen molar-refractivity contribution in [3.05, 3.63) is 34.9 Å². The Morgan fingerprint density at radius 1 is 1.29 bits per heavy atom. The Labute approximate surface area is 127 Å². The maximum atomic E-state index is 12.8. The Hall–Kier alpha value is -1.35. The van der Waals surface area contributed by atoms with Gasteiger partial charge in [0.25, 0.3) is 0 Å². The Balaban J connectivity index is 1.93. The smallest absolute Gasteiger partial charge is 0.241 e. The SMILES string of the molecule is Cc1ccc(C)c(C2NC(C(C)C)C(=O)N2CC2CC2)c1. The first-order chi connectivity index (χ1) is 9.97. The van der Waals surface area contributed by atoms with Crippen molar-refractivity contribution >= 4 is 5.91 Å². The second kappa shape index (κ2) is 5.45. The number of nitrogens with zero attached hydrogens (tertiary/aromatic N) is 1. The fourth-order valence-corrected chi connectivity index (χ4v) is 3.20. The van der Waals surface area contributed by atoms with Crippen molar-refractivity contribution in [1.82, 2.24) is 10.2 Å². The van der Waals surface area contributed by atoms with E-state index in [9.17, 15) is 4.79 Å². The zero-order chi connectivity index (χ0) is 15.1. The van der Waals surface area contributed by atoms with Crippen LogP contribution in [0.4, 0.5) is 0 Å². The van der Waals surface area contributed by atoms with Crippen molar-refractivity contribution in [2.45, 2.75) is 52.7 Å². The quantitative estimate of drug-likeness (QED) is 0.922. The first-order valence-corrected chi connectivity index (χ1v) is 8.11. The molecule has 0 spiro atoms. The number of hydrogen-bond donors (Lipinski definition) is 1. The molecule has 21 heavy (non-hydrogen) atoms. The van der Waals surface area contributed by atoms with Crippen LogP contribution in [-0.2, 0) is 4.79 Å². The predicted octanol–water partition coefficient (Wildman–Crippen LogP) is 3.17. The summed E-state index contributed by atoms with van der Waals surface area (Å²) in [5.41, 5.74) is 3.77. The largest absolute Gasteiger partial charge is 0.321 e. The molecule has 1 heterocycles. The van der Waals surface area contributed by atoms with Gasteiger partial charge < -0.3 is 4.90 Å². The molecule has 2 aliphatic rings. The van der Waals surface area contributed by atoms with Gasteiger partial charge in [0.05, 0.1) is 6.04 Å². The van der Waals surface area contributed by atoms with E-state index in [-0.39, 0.29) is 18.1 Å². The van der Waals surface area contributed by atoms with Crippen LogP contribution in [0.25, 0.3) is 0 Å². The predicted molar refractivity (Wildman–Crippen MR) is 84.9 cm³/mol. The van der Waals surface area contributed by atoms with E-state index in [1.807, 2.05) is 0 Å². The lowest BCUT2D eigenvalue weighted by molar-refractivity contribution is -0.131. The van der Waals surface area contributed by atoms with E-state index in [4.69, 9.17) is 0 Å². The minimum Gasteiger partial charge on any atom is -0.321 e. The summed E-state index contributed by atoms with van der Waals surface area (Å²) in [7, 11) is 0. The van der Waals surface area contributed by atoms with Crippen molar-refractivity contribution < 1.29 is 4.79 Å². The molecule has 114 valence electrons. The van der Waals surface area contributed by atoms with Crippen molar-refractivity contribution in [3.8, 4) is 0 Å². The van der Waals surface area contributed by atoms with Crippen LogP contribution in [0.15, 0.2) is 18.2 Å². The van der Waals surface area contributed by atoms with Gasteiger partial charge in [0, 0.05) is 6.54 Å². The summed E-state index contributed by atoms with van der Waals surface area (Å²) in [5.74, 6) is 1.33. The first-order valence-electron chi connectivity index (χ1n) is 8.11. The van der Waals surface area contributed by atoms with Gasteiger partial charge in [-0.05, 0) is 49.7 Å². The average Bonchev–Trinajstić information content (AvgIpc) is 3.18. The van der Waals surface area contributed by atoms with Gasteiger partial charge in [0.2, 0.25) is 5.91 Å². The van der Waals surface area contributed by atoms with Crippen LogP contribution in [0, 0.1) is 25.7 Å². The molecule has 1 amide bonds. The van der Waals surface area contributed by atoms with Crippen LogP contribution in [0.5, 0.6) is 0 Å². The Kier molecular flexibility index (Phi) is 3.78. The lowest BCUT2D eigenvalue weighted by Gasteiger charge is -2.26. The summed E-state index contributed by atoms with van der Waals surface area (Å²) in [6, 6.07) is 6.48. The zero-order valence-electron chi connectivity index (χ0n) is 13.5. The van der Waals surface area contributed by atoms with Gasteiger partial charge in [-0.2, -0.15) is 0 Å². The second-order valence-corrected chi connectivity index (χ2v) is 7.08. The summed E-state index contributed by atoms with van der Waals surface area (Å²) in [5, 5.41) is 3.58. The van der Waals surface area contributed by atoms with Crippen molar-refractivity contribution in [1.29, 1.82) is 0 Å². The van der Waals surface area contributed by atoms with Crippen LogP contribution in [-0.4, -0.2) is 23.4 Å². The van der Waals surface area contributed by atoms with Gasteiger partial charge >= 0.3 is 0 Å². The summed E-state index contributed by atoms with van der Waals surface area (Å²) in [6.45, 7) is 9.41. The highest BCUT2D eigenvalue weighted by atomic mass is 16.2. The fourth-order valence-electron chi connectivity index (χ4n) is 3.20. The number of nitrogens with one attached hydrogen (secondary N) is 1. The molecule has 1 aliphatic carbocycles. The van der Waals surface area contributed by atoms with Gasteiger partial charge in [-0.25, -0.2) is 0 Å². The topological polar surface area (TPSA) is 32.3 Å². The molecule has 2 unspecified atom stereocenters. The number of rotatable bonds is 4. The zero-order valence-corrected chi connectivity index (χ0v) is 13.5. The van der Waals surface area contributed by atoms with Crippen LogP contribution >= 0.6 is 0 Å². The van der Waals surface area contributed by atoms with E-state index >= 15 is 0 Å². The number of carbonyl (C=O) groups is 1. The second-order valence-electron chi connectivity index (χ2n) is 7.08. The van der Waals surface area contributed by atoms with Crippen molar-refractivity contribution in [2.24, 2.45) is 11.8 Å². The molecule has 0 bridgehead atoms. The number of benzene rings is 1. The van der Waals surface area contributed by atoms with Gasteiger partial charge in [0.15, 0.2) is 0 Å². The molecule has 2 fully saturated rings. The van der Waals surface area contributed by atoms with Gasteiger partial charge in [-0.3, -0.25) is 10.1 Å². The lowest BCUT2D eigenvalue weighted by atomic mass is 10.0. The molecule has 1 aromatic carbocycles. The minimum atomic E-state index is -0.0475. The number of carbonyl (C=O) groups excluding carboxylic acids is 1. The number of amides is 1. The molecule has 3 nitrogen and oxygen atoms in total. The van der Waals surface area contributed by atoms with Crippen LogP contribution in [0.2, 0.25) is 0 Å². The van der Waals surface area contributed by atoms with Gasteiger partial charge in [-0.15, -0.1) is 0 Å². The van der Waals surface area contributed by atoms with Gasteiger partial charge in [0.1, 0.15) is 6.17 Å². The fraction of sp³-hybridized carbons (Fsp3) is 0.611. The lowest BCUT2D eigenvalue weighted by Crippen LogP contribution is -2.35. The van der Waals surface area contributed by atoms with Crippen molar-refractivity contribution in [3.63, 3.8) is 0 Å². The van der Waals surface area contributed by atoms with E-state index in [0.29, 0.717) is 11.8 Å². The molecule has 1 saturated carbocycles. The van der Waals surface area contributed by atoms with Crippen molar-refractivity contribution in [2.75, 3.05) is 6.54 Å². The minimum absolute atomic E-state index is 0.0467. The normalized spacial score (nSPS) is 26.0. The van der Waals surface area contributed by atoms with E-state index < -0.39 is 0 Å². The van der Waals surface area contributed by atoms with Crippen LogP contribution in [0.1, 0.15) is 49.5 Å². The molecule has 1 aliphatic heterocycles. The Morgan fingerprint density at radius 2 is 2.00 bits per heavy atom. The van der Waals surface area contributed by atoms with E-state index in [0.717, 1.165) is 6.54 Å². The molecule has 1 aromatic rings. The summed E-state index contributed by atoms with van der Waals surface area (Å²) < 4.78 is 0. The molecular weight excluding hydrogens is 260 g/mol. The molecule has 0 aromatic heterocycles. The molecule has 1 N–H and O–H groups in total. The summed E-state index contributed by atoms with van der Waals surface area (Å²) >= 11 is 0. The maximum Gasteiger partial charge on any atom is 0.241 e. The third-order valence-electron chi connectivity index (χ3n) is 4.75. The molecule has 3 rings (SSSR count). The third-order valence-corrected chi connectivity index (χ3v) is 4.75. The van der Waals surface area contributed by atoms with Crippen LogP contribution < -0.4 is 5.32 Å². The average molecular weight is 286 g/mol. The standard InChI is InChI=1S/C18H26N2O/c1-11(2)16-18(21)20(10-14-7-8-14)17(19-16)15-9-12(3)5-6-13(15)4/h5-6,9,11,14,16-17,19H,7-8,10H2,1-4H3. The molecule has 2 atom stereocenters. The van der Waals surface area contributed by atoms with E-state index in [1.165, 1.54) is 29.5 Å². The monoisotopic (exact) mass is 286 g/mol. The number of hydrogen-bond acceptors (Lipinski definition) is 2. The molecule has 3 heteroatoms. The highest BCUT2D eigenvalue weighted by molar-refractivity contribution is 5.85. The summed E-state index contributed by atoms with van der Waals surface area (Å²) in [4.78, 5) is 14.8. The molecular formula is C18H26N2O. The maximum absolute atomic E-state index is 12.8. The Morgan fingerprint density at radius 3 is 2.62 bits per heavy atom. The Bertz CT molecular complexity index is 548. The first kappa shape index (κ1) is 14.6. The van der Waals surface area contributed by atoms with E-state index in [2.05, 4.69) is 56.1 Å². The number of aryl methyl sites for hydroxylation is 2. The summed E-state index contributed by atoms with van der Waals surface area (Å²) in [6.07, 6.45) is 2.59. The van der Waals surface area contributed by atoms with Gasteiger partial charge in [-0.1, -0.05) is 37.6 Å². The molecule has 0 radical (unpaired) electrons. The van der Waals surface area contributed by atoms with E-state index in [1.54, 1.807) is 0 Å². The third kappa shape index (κ3) is 2.84. The molecule has 1 saturated heterocycles. The van der Waals surface area contributed by atoms with Crippen LogP contribution in [0.3, 0.4) is 0 Å². The highest BCUT2D eigenvalue weighted by Crippen LogP contribution is 2.36. The highest BCUT2D eigenvalue weighted by Gasteiger charge is 2.43.